The van der Waals surface area contributed by atoms with Gasteiger partial charge in [0.1, 0.15) is 5.56 Å². The number of nitro benzene ring substituents is 1. The van der Waals surface area contributed by atoms with Crippen LogP contribution in [0.4, 0.5) is 5.69 Å². The van der Waals surface area contributed by atoms with Gasteiger partial charge >= 0.3 is 16.4 Å². The predicted molar refractivity (Wildman–Crippen MR) is 52.2 cm³/mol. The molecule has 0 saturated heterocycles. The van der Waals surface area contributed by atoms with Gasteiger partial charge in [0.25, 0.3) is 5.69 Å². The molecule has 10 heteroatoms. The molecule has 0 aliphatic rings. The summed E-state index contributed by atoms with van der Waals surface area (Å²) in [7, 11) is -4.90. The number of carbonyl (C=O) groups is 1. The van der Waals surface area contributed by atoms with Crippen LogP contribution in [0.1, 0.15) is 10.4 Å². The Morgan fingerprint density at radius 2 is 2.00 bits per heavy atom. The van der Waals surface area contributed by atoms with Crippen molar-refractivity contribution in [2.75, 3.05) is 0 Å². The number of nitrogens with zero attached hydrogens (tertiary/aromatic N) is 1. The maximum atomic E-state index is 10.7. The number of rotatable bonds is 4. The maximum Gasteiger partial charge on any atom is 0.446 e. The van der Waals surface area contributed by atoms with Gasteiger partial charge in [-0.25, -0.2) is 4.79 Å². The fourth-order valence-electron chi connectivity index (χ4n) is 0.985. The van der Waals surface area contributed by atoms with Crippen molar-refractivity contribution in [1.29, 1.82) is 0 Å². The highest BCUT2D eigenvalue weighted by Crippen LogP contribution is 2.25. The lowest BCUT2D eigenvalue weighted by molar-refractivity contribution is -0.384. The summed E-state index contributed by atoms with van der Waals surface area (Å²) < 4.78 is 33.1. The first-order valence-electron chi connectivity index (χ1n) is 3.89. The topological polar surface area (TPSA) is 144 Å². The maximum absolute atomic E-state index is 10.7. The number of nitro groups is 1. The van der Waals surface area contributed by atoms with Gasteiger partial charge < -0.3 is 9.29 Å². The van der Waals surface area contributed by atoms with Crippen molar-refractivity contribution in [3.63, 3.8) is 0 Å². The molecule has 0 amide bonds. The predicted octanol–water partition coefficient (Wildman–Crippen LogP) is 0.475. The normalized spacial score (nSPS) is 10.9. The van der Waals surface area contributed by atoms with Gasteiger partial charge in [0, 0.05) is 12.1 Å². The summed E-state index contributed by atoms with van der Waals surface area (Å²) in [4.78, 5) is 20.2. The van der Waals surface area contributed by atoms with E-state index in [1.54, 1.807) is 0 Å². The Kier molecular flexibility index (Phi) is 3.29. The molecule has 92 valence electrons. The smallest absolute Gasteiger partial charge is 0.446 e. The van der Waals surface area contributed by atoms with Crippen molar-refractivity contribution in [3.8, 4) is 5.75 Å². The molecule has 0 bridgehead atoms. The zero-order valence-corrected chi connectivity index (χ0v) is 8.75. The average molecular weight is 263 g/mol. The molecule has 0 radical (unpaired) electrons. The van der Waals surface area contributed by atoms with Crippen LogP contribution in [-0.4, -0.2) is 29.0 Å². The largest absolute Gasteiger partial charge is 0.478 e. The molecule has 0 unspecified atom stereocenters. The first-order valence-corrected chi connectivity index (χ1v) is 5.26. The standard InChI is InChI=1S/C7H5NO8S/c9-7(10)5-3-4(8(11)12)1-2-6(5)16-17(13,14)15/h1-3H,(H,9,10)(H,13,14,15). The van der Waals surface area contributed by atoms with Crippen LogP contribution in [0.25, 0.3) is 0 Å². The minimum absolute atomic E-state index is 0.551. The highest BCUT2D eigenvalue weighted by Gasteiger charge is 2.20. The Balaban J connectivity index is 3.32. The molecule has 2 N–H and O–H groups in total. The molecule has 9 nitrogen and oxygen atoms in total. The molecular weight excluding hydrogens is 258 g/mol. The van der Waals surface area contributed by atoms with Gasteiger partial charge in [-0.15, -0.1) is 0 Å². The fourth-order valence-corrected chi connectivity index (χ4v) is 1.36. The van der Waals surface area contributed by atoms with Crippen LogP contribution in [0.3, 0.4) is 0 Å². The number of carboxylic acid groups (broad SMARTS) is 1. The van der Waals surface area contributed by atoms with Crippen molar-refractivity contribution in [1.82, 2.24) is 0 Å². The molecule has 1 aromatic rings. The van der Waals surface area contributed by atoms with Gasteiger partial charge in [-0.2, -0.15) is 8.42 Å². The zero-order valence-electron chi connectivity index (χ0n) is 7.93. The van der Waals surface area contributed by atoms with E-state index in [4.69, 9.17) is 9.66 Å². The van der Waals surface area contributed by atoms with Crippen molar-refractivity contribution in [3.05, 3.63) is 33.9 Å². The summed E-state index contributed by atoms with van der Waals surface area (Å²) >= 11 is 0. The summed E-state index contributed by atoms with van der Waals surface area (Å²) in [6.45, 7) is 0. The van der Waals surface area contributed by atoms with Crippen molar-refractivity contribution >= 4 is 22.1 Å². The molecule has 0 fully saturated rings. The second kappa shape index (κ2) is 4.35. The monoisotopic (exact) mass is 263 g/mol. The van der Waals surface area contributed by atoms with Gasteiger partial charge in [0.2, 0.25) is 0 Å². The molecule has 0 aromatic heterocycles. The van der Waals surface area contributed by atoms with Crippen LogP contribution in [0, 0.1) is 10.1 Å². The molecular formula is C7H5NO8S. The lowest BCUT2D eigenvalue weighted by atomic mass is 10.2. The van der Waals surface area contributed by atoms with E-state index in [0.29, 0.717) is 6.07 Å². The number of benzene rings is 1. The first kappa shape index (κ1) is 12.9. The van der Waals surface area contributed by atoms with E-state index in [2.05, 4.69) is 4.18 Å². The van der Waals surface area contributed by atoms with E-state index >= 15 is 0 Å². The molecule has 1 aromatic carbocycles. The lowest BCUT2D eigenvalue weighted by Crippen LogP contribution is -2.10. The molecule has 1 rings (SSSR count). The zero-order chi connectivity index (χ0) is 13.2. The van der Waals surface area contributed by atoms with Crippen molar-refractivity contribution in [2.45, 2.75) is 0 Å². The molecule has 0 saturated carbocycles. The second-order valence-corrected chi connectivity index (χ2v) is 3.78. The van der Waals surface area contributed by atoms with Crippen LogP contribution in [0.15, 0.2) is 18.2 Å². The Bertz CT molecular complexity index is 578. The Labute approximate surface area is 94.4 Å². The van der Waals surface area contributed by atoms with Crippen molar-refractivity contribution in [2.24, 2.45) is 0 Å². The summed E-state index contributed by atoms with van der Waals surface area (Å²) in [5.41, 5.74) is -1.30. The number of non-ortho nitro benzene ring substituents is 1. The third-order valence-corrected chi connectivity index (χ3v) is 1.99. The van der Waals surface area contributed by atoms with Crippen LogP contribution < -0.4 is 4.18 Å². The van der Waals surface area contributed by atoms with Crippen LogP contribution >= 0.6 is 0 Å². The minimum Gasteiger partial charge on any atom is -0.478 e. The third-order valence-electron chi connectivity index (χ3n) is 1.60. The number of carboxylic acids is 1. The Hall–Kier alpha value is -2.20. The molecule has 0 spiro atoms. The quantitative estimate of drug-likeness (QED) is 0.453. The number of aromatic carboxylic acids is 1. The highest BCUT2D eigenvalue weighted by molar-refractivity contribution is 7.81. The van der Waals surface area contributed by atoms with Crippen LogP contribution in [-0.2, 0) is 10.4 Å². The van der Waals surface area contributed by atoms with Crippen molar-refractivity contribution < 1.29 is 32.0 Å². The Morgan fingerprint density at radius 1 is 1.41 bits per heavy atom. The molecule has 0 aliphatic heterocycles. The van der Waals surface area contributed by atoms with Gasteiger partial charge in [-0.1, -0.05) is 0 Å². The molecule has 0 atom stereocenters. The minimum atomic E-state index is -4.90. The summed E-state index contributed by atoms with van der Waals surface area (Å²) in [5, 5.41) is 19.1. The lowest BCUT2D eigenvalue weighted by Gasteiger charge is -2.04. The van der Waals surface area contributed by atoms with Gasteiger partial charge in [-0.05, 0) is 6.07 Å². The van der Waals surface area contributed by atoms with E-state index in [0.717, 1.165) is 12.1 Å². The van der Waals surface area contributed by atoms with E-state index in [-0.39, 0.29) is 0 Å². The van der Waals surface area contributed by atoms with Gasteiger partial charge in [-0.3, -0.25) is 14.7 Å². The summed E-state index contributed by atoms with van der Waals surface area (Å²) in [6, 6.07) is 2.21. The van der Waals surface area contributed by atoms with E-state index < -0.39 is 38.3 Å². The Morgan fingerprint density at radius 3 is 2.41 bits per heavy atom. The highest BCUT2D eigenvalue weighted by atomic mass is 32.3. The first-order chi connectivity index (χ1) is 7.70. The van der Waals surface area contributed by atoms with Gasteiger partial charge in [0.05, 0.1) is 4.92 Å². The van der Waals surface area contributed by atoms with E-state index in [9.17, 15) is 23.3 Å². The fraction of sp³-hybridized carbons (Fsp3) is 0. The second-order valence-electron chi connectivity index (χ2n) is 2.75. The average Bonchev–Trinajstić information content (AvgIpc) is 2.14. The number of hydrogen-bond donors (Lipinski definition) is 2. The van der Waals surface area contributed by atoms with Crippen LogP contribution in [0.2, 0.25) is 0 Å². The SMILES string of the molecule is O=C(O)c1cc([N+](=O)[O-])ccc1OS(=O)(=O)O. The molecule has 17 heavy (non-hydrogen) atoms. The summed E-state index contributed by atoms with van der Waals surface area (Å²) in [6.07, 6.45) is 0. The summed E-state index contributed by atoms with van der Waals surface area (Å²) in [5.74, 6) is -2.35. The van der Waals surface area contributed by atoms with Crippen LogP contribution in [0.5, 0.6) is 5.75 Å². The number of hydrogen-bond acceptors (Lipinski definition) is 6. The van der Waals surface area contributed by atoms with E-state index in [1.165, 1.54) is 0 Å². The molecule has 0 aliphatic carbocycles. The molecule has 0 heterocycles. The van der Waals surface area contributed by atoms with Gasteiger partial charge in [0.15, 0.2) is 5.75 Å². The van der Waals surface area contributed by atoms with E-state index in [1.807, 2.05) is 0 Å². The third kappa shape index (κ3) is 3.39.